The highest BCUT2D eigenvalue weighted by molar-refractivity contribution is 5.78. The molecule has 0 amide bonds. The number of para-hydroxylation sites is 1. The quantitative estimate of drug-likeness (QED) is 0.570. The van der Waals surface area contributed by atoms with E-state index in [0.717, 1.165) is 22.0 Å². The van der Waals surface area contributed by atoms with Crippen molar-refractivity contribution in [1.82, 2.24) is 10.4 Å². The second-order valence-corrected chi connectivity index (χ2v) is 5.01. The van der Waals surface area contributed by atoms with E-state index in [4.69, 9.17) is 5.84 Å². The maximum absolute atomic E-state index is 13.3. The number of fused-ring (bicyclic) bond motifs is 1. The van der Waals surface area contributed by atoms with Crippen LogP contribution in [-0.2, 0) is 6.42 Å². The van der Waals surface area contributed by atoms with E-state index in [2.05, 4.69) is 16.5 Å². The predicted molar refractivity (Wildman–Crippen MR) is 81.9 cm³/mol. The van der Waals surface area contributed by atoms with Crippen molar-refractivity contribution in [3.8, 4) is 0 Å². The molecule has 1 atom stereocenters. The van der Waals surface area contributed by atoms with Gasteiger partial charge in [-0.2, -0.15) is 0 Å². The monoisotopic (exact) mass is 281 g/mol. The molecule has 0 aliphatic heterocycles. The Morgan fingerprint density at radius 1 is 1.10 bits per heavy atom. The fourth-order valence-corrected chi connectivity index (χ4v) is 2.45. The highest BCUT2D eigenvalue weighted by Crippen LogP contribution is 2.21. The standard InChI is InChI=1S/C17H16FN3/c18-15-6-3-4-12(8-15)9-17(21-19)14-10-13-5-1-2-7-16(13)20-11-14/h1-8,10-11,17,21H,9,19H2. The van der Waals surface area contributed by atoms with Gasteiger partial charge in [-0.1, -0.05) is 30.3 Å². The zero-order chi connectivity index (χ0) is 14.7. The second kappa shape index (κ2) is 5.99. The van der Waals surface area contributed by atoms with Crippen molar-refractivity contribution < 1.29 is 4.39 Å². The van der Waals surface area contributed by atoms with Gasteiger partial charge < -0.3 is 0 Å². The van der Waals surface area contributed by atoms with Gasteiger partial charge in [-0.15, -0.1) is 0 Å². The van der Waals surface area contributed by atoms with Gasteiger partial charge in [0.2, 0.25) is 0 Å². The zero-order valence-electron chi connectivity index (χ0n) is 11.5. The van der Waals surface area contributed by atoms with Crippen molar-refractivity contribution in [2.45, 2.75) is 12.5 Å². The summed E-state index contributed by atoms with van der Waals surface area (Å²) in [6.07, 6.45) is 2.42. The van der Waals surface area contributed by atoms with Crippen molar-refractivity contribution in [2.75, 3.05) is 0 Å². The molecule has 0 spiro atoms. The number of pyridine rings is 1. The van der Waals surface area contributed by atoms with Crippen molar-refractivity contribution in [1.29, 1.82) is 0 Å². The summed E-state index contributed by atoms with van der Waals surface area (Å²) in [6, 6.07) is 16.4. The first kappa shape index (κ1) is 13.7. The average molecular weight is 281 g/mol. The maximum atomic E-state index is 13.3. The molecule has 0 bridgehead atoms. The number of halogens is 1. The molecule has 4 heteroatoms. The summed E-state index contributed by atoms with van der Waals surface area (Å²) < 4.78 is 13.3. The molecule has 0 aliphatic rings. The van der Waals surface area contributed by atoms with Gasteiger partial charge in [0.05, 0.1) is 11.6 Å². The lowest BCUT2D eigenvalue weighted by Crippen LogP contribution is -2.29. The minimum Gasteiger partial charge on any atom is -0.271 e. The molecule has 0 radical (unpaired) electrons. The lowest BCUT2D eigenvalue weighted by Gasteiger charge is -2.16. The number of aromatic nitrogens is 1. The molecular formula is C17H16FN3. The number of hydrazine groups is 1. The van der Waals surface area contributed by atoms with E-state index >= 15 is 0 Å². The number of hydrogen-bond donors (Lipinski definition) is 2. The first-order valence-electron chi connectivity index (χ1n) is 6.81. The number of benzene rings is 2. The number of hydrogen-bond acceptors (Lipinski definition) is 3. The van der Waals surface area contributed by atoms with Crippen LogP contribution in [0.1, 0.15) is 17.2 Å². The van der Waals surface area contributed by atoms with Crippen LogP contribution in [-0.4, -0.2) is 4.98 Å². The molecule has 1 aromatic heterocycles. The van der Waals surface area contributed by atoms with Crippen LogP contribution < -0.4 is 11.3 Å². The Balaban J connectivity index is 1.90. The van der Waals surface area contributed by atoms with Gasteiger partial charge >= 0.3 is 0 Å². The lowest BCUT2D eigenvalue weighted by molar-refractivity contribution is 0.547. The SMILES string of the molecule is NNC(Cc1cccc(F)c1)c1cnc2ccccc2c1. The van der Waals surface area contributed by atoms with E-state index in [1.165, 1.54) is 12.1 Å². The zero-order valence-corrected chi connectivity index (χ0v) is 11.5. The Hall–Kier alpha value is -2.30. The molecule has 1 heterocycles. The van der Waals surface area contributed by atoms with Crippen LogP contribution in [0.3, 0.4) is 0 Å². The van der Waals surface area contributed by atoms with E-state index < -0.39 is 0 Å². The highest BCUT2D eigenvalue weighted by Gasteiger charge is 2.12. The smallest absolute Gasteiger partial charge is 0.123 e. The van der Waals surface area contributed by atoms with Crippen molar-refractivity contribution in [2.24, 2.45) is 5.84 Å². The predicted octanol–water partition coefficient (Wildman–Crippen LogP) is 3.12. The van der Waals surface area contributed by atoms with Gasteiger partial charge in [-0.3, -0.25) is 16.3 Å². The summed E-state index contributed by atoms with van der Waals surface area (Å²) in [6.45, 7) is 0. The fraction of sp³-hybridized carbons (Fsp3) is 0.118. The molecule has 1 unspecified atom stereocenters. The summed E-state index contributed by atoms with van der Waals surface area (Å²) >= 11 is 0. The molecule has 3 rings (SSSR count). The minimum atomic E-state index is -0.236. The maximum Gasteiger partial charge on any atom is 0.123 e. The third-order valence-corrected chi connectivity index (χ3v) is 3.54. The third kappa shape index (κ3) is 3.07. The van der Waals surface area contributed by atoms with E-state index in [9.17, 15) is 4.39 Å². The van der Waals surface area contributed by atoms with Gasteiger partial charge in [0.1, 0.15) is 5.82 Å². The molecule has 3 aromatic rings. The van der Waals surface area contributed by atoms with Crippen molar-refractivity contribution in [3.05, 3.63) is 77.7 Å². The highest BCUT2D eigenvalue weighted by atomic mass is 19.1. The molecule has 0 fully saturated rings. The first-order valence-corrected chi connectivity index (χ1v) is 6.81. The Bertz CT molecular complexity index is 758. The molecule has 3 N–H and O–H groups in total. The van der Waals surface area contributed by atoms with Crippen LogP contribution in [0.4, 0.5) is 4.39 Å². The Kier molecular flexibility index (Phi) is 3.90. The van der Waals surface area contributed by atoms with E-state index in [-0.39, 0.29) is 11.9 Å². The molecule has 0 aliphatic carbocycles. The van der Waals surface area contributed by atoms with E-state index in [1.807, 2.05) is 36.5 Å². The summed E-state index contributed by atoms with van der Waals surface area (Å²) in [7, 11) is 0. The molecule has 106 valence electrons. The third-order valence-electron chi connectivity index (χ3n) is 3.54. The van der Waals surface area contributed by atoms with Crippen LogP contribution in [0.25, 0.3) is 10.9 Å². The van der Waals surface area contributed by atoms with Crippen LogP contribution in [0.15, 0.2) is 60.8 Å². The second-order valence-electron chi connectivity index (χ2n) is 5.01. The number of nitrogens with zero attached hydrogens (tertiary/aromatic N) is 1. The first-order chi connectivity index (χ1) is 10.3. The van der Waals surface area contributed by atoms with Crippen LogP contribution in [0, 0.1) is 5.82 Å². The van der Waals surface area contributed by atoms with E-state index in [1.54, 1.807) is 6.07 Å². The minimum absolute atomic E-state index is 0.107. The summed E-state index contributed by atoms with van der Waals surface area (Å²) in [4.78, 5) is 4.44. The van der Waals surface area contributed by atoms with Crippen LogP contribution >= 0.6 is 0 Å². The number of nitrogens with two attached hydrogens (primary N) is 1. The Morgan fingerprint density at radius 3 is 2.76 bits per heavy atom. The van der Waals surface area contributed by atoms with Gasteiger partial charge in [-0.05, 0) is 41.8 Å². The largest absolute Gasteiger partial charge is 0.271 e. The van der Waals surface area contributed by atoms with Gasteiger partial charge in [0.25, 0.3) is 0 Å². The Labute approximate surface area is 122 Å². The summed E-state index contributed by atoms with van der Waals surface area (Å²) in [5.74, 6) is 5.43. The van der Waals surface area contributed by atoms with Crippen LogP contribution in [0.2, 0.25) is 0 Å². The van der Waals surface area contributed by atoms with Crippen molar-refractivity contribution >= 4 is 10.9 Å². The number of nitrogens with one attached hydrogen (secondary N) is 1. The van der Waals surface area contributed by atoms with Crippen molar-refractivity contribution in [3.63, 3.8) is 0 Å². The average Bonchev–Trinajstić information content (AvgIpc) is 2.52. The van der Waals surface area contributed by atoms with E-state index in [0.29, 0.717) is 6.42 Å². The normalized spacial score (nSPS) is 12.5. The molecule has 0 saturated heterocycles. The lowest BCUT2D eigenvalue weighted by atomic mass is 9.99. The summed E-state index contributed by atoms with van der Waals surface area (Å²) in [5, 5.41) is 1.06. The molecule has 2 aromatic carbocycles. The van der Waals surface area contributed by atoms with Crippen LogP contribution in [0.5, 0.6) is 0 Å². The topological polar surface area (TPSA) is 50.9 Å². The van der Waals surface area contributed by atoms with Gasteiger partial charge in [0, 0.05) is 11.6 Å². The molecule has 3 nitrogen and oxygen atoms in total. The van der Waals surface area contributed by atoms with Gasteiger partial charge in [0.15, 0.2) is 0 Å². The summed E-state index contributed by atoms with van der Waals surface area (Å²) in [5.41, 5.74) is 5.62. The number of rotatable bonds is 4. The molecule has 0 saturated carbocycles. The van der Waals surface area contributed by atoms with Gasteiger partial charge in [-0.25, -0.2) is 4.39 Å². The molecular weight excluding hydrogens is 265 g/mol. The molecule has 21 heavy (non-hydrogen) atoms. The fourth-order valence-electron chi connectivity index (χ4n) is 2.45. The Morgan fingerprint density at radius 2 is 1.95 bits per heavy atom.